The van der Waals surface area contributed by atoms with Crippen LogP contribution in [-0.2, 0) is 30.4 Å². The molecule has 6 rings (SSSR count). The fourth-order valence-electron chi connectivity index (χ4n) is 7.68. The fraction of sp³-hybridized carbons (Fsp3) is 0.486. The molecule has 0 radical (unpaired) electrons. The van der Waals surface area contributed by atoms with Crippen molar-refractivity contribution in [2.45, 2.75) is 77.7 Å². The largest absolute Gasteiger partial charge is 0.391 e. The van der Waals surface area contributed by atoms with Crippen LogP contribution in [0.3, 0.4) is 0 Å². The highest BCUT2D eigenvalue weighted by Crippen LogP contribution is 2.68. The first-order chi connectivity index (χ1) is 23.2. The molecule has 5 atom stereocenters. The summed E-state index contributed by atoms with van der Waals surface area (Å²) in [6.45, 7) is 9.20. The van der Waals surface area contributed by atoms with E-state index in [0.717, 1.165) is 22.0 Å². The summed E-state index contributed by atoms with van der Waals surface area (Å²) in [5, 5.41) is 20.1. The van der Waals surface area contributed by atoms with E-state index in [9.17, 15) is 29.1 Å². The van der Waals surface area contributed by atoms with Gasteiger partial charge in [-0.1, -0.05) is 76.2 Å². The predicted molar refractivity (Wildman–Crippen MR) is 183 cm³/mol. The average molecular weight is 671 g/mol. The Morgan fingerprint density at radius 3 is 2.24 bits per heavy atom. The number of nitrogens with one attached hydrogen (secondary N) is 4. The van der Waals surface area contributed by atoms with E-state index < -0.39 is 53.9 Å². The third-order valence-corrected chi connectivity index (χ3v) is 11.2. The number of benzene rings is 2. The zero-order valence-corrected chi connectivity index (χ0v) is 28.7. The third kappa shape index (κ3) is 6.53. The molecular formula is C37H46N6O6. The topological polar surface area (TPSA) is 164 Å². The van der Waals surface area contributed by atoms with Crippen LogP contribution >= 0.6 is 0 Å². The molecule has 2 aromatic carbocycles. The van der Waals surface area contributed by atoms with Crippen molar-refractivity contribution in [1.82, 2.24) is 30.7 Å². The predicted octanol–water partition coefficient (Wildman–Crippen LogP) is 2.04. The molecule has 260 valence electrons. The number of aromatic amines is 1. The molecule has 0 unspecified atom stereocenters. The van der Waals surface area contributed by atoms with Crippen LogP contribution in [0, 0.1) is 16.7 Å². The maximum Gasteiger partial charge on any atom is 0.246 e. The summed E-state index contributed by atoms with van der Waals surface area (Å²) in [5.41, 5.74) is 1.74. The smallest absolute Gasteiger partial charge is 0.246 e. The van der Waals surface area contributed by atoms with Gasteiger partial charge < -0.3 is 35.8 Å². The summed E-state index contributed by atoms with van der Waals surface area (Å²) in [6, 6.07) is 12.9. The van der Waals surface area contributed by atoms with Crippen LogP contribution in [0.4, 0.5) is 0 Å². The van der Waals surface area contributed by atoms with Crippen molar-refractivity contribution in [3.05, 3.63) is 71.9 Å². The zero-order valence-electron chi connectivity index (χ0n) is 28.7. The summed E-state index contributed by atoms with van der Waals surface area (Å²) >= 11 is 0. The molecule has 5 N–H and O–H groups in total. The monoisotopic (exact) mass is 670 g/mol. The number of para-hydroxylation sites is 1. The number of aliphatic hydroxyl groups excluding tert-OH is 1. The van der Waals surface area contributed by atoms with Gasteiger partial charge in [0.25, 0.3) is 0 Å². The van der Waals surface area contributed by atoms with Gasteiger partial charge in [0.05, 0.1) is 18.7 Å². The lowest BCUT2D eigenvalue weighted by Crippen LogP contribution is -2.56. The number of hydrogen-bond acceptors (Lipinski definition) is 6. The Morgan fingerprint density at radius 1 is 0.878 bits per heavy atom. The molecule has 5 amide bonds. The van der Waals surface area contributed by atoms with Crippen molar-refractivity contribution in [2.24, 2.45) is 16.7 Å². The fourth-order valence-corrected chi connectivity index (χ4v) is 7.68. The van der Waals surface area contributed by atoms with Gasteiger partial charge in [-0.25, -0.2) is 0 Å². The second kappa shape index (κ2) is 13.0. The standard InChI is InChI=1S/C37H46N6O6/c1-21-32(46)41-28(22-11-7-6-8-12-22)19-42(35(49)31-36(2,3)37(31,4)5)20-30(45)40-27(15-23-17-38-26-14-10-9-13-25(23)26)34(48)43-18-24(44)16-29(43)33(47)39-21/h6-14,17,21,24,27-29,31,38,44H,15-16,18-20H2,1-5H3,(H,39,47)(H,40,45)(H,41,46)/t21-,24+,27+,28-,29-/m0/s1. The number of aliphatic hydroxyl groups is 1. The number of fused-ring (bicyclic) bond motifs is 2. The summed E-state index contributed by atoms with van der Waals surface area (Å²) in [5.74, 6) is -2.74. The number of nitrogens with zero attached hydrogens (tertiary/aromatic N) is 2. The van der Waals surface area contributed by atoms with Crippen molar-refractivity contribution in [2.75, 3.05) is 19.6 Å². The van der Waals surface area contributed by atoms with Gasteiger partial charge in [0.1, 0.15) is 18.1 Å². The lowest BCUT2D eigenvalue weighted by Gasteiger charge is -2.30. The van der Waals surface area contributed by atoms with Crippen LogP contribution in [0.5, 0.6) is 0 Å². The van der Waals surface area contributed by atoms with Gasteiger partial charge in [0, 0.05) is 48.9 Å². The molecule has 3 aromatic rings. The highest BCUT2D eigenvalue weighted by molar-refractivity contribution is 5.96. The Bertz CT molecular complexity index is 1750. The van der Waals surface area contributed by atoms with E-state index >= 15 is 0 Å². The van der Waals surface area contributed by atoms with E-state index in [1.165, 1.54) is 9.80 Å². The van der Waals surface area contributed by atoms with Gasteiger partial charge in [0.15, 0.2) is 0 Å². The maximum absolute atomic E-state index is 14.3. The number of carbonyl (C=O) groups excluding carboxylic acids is 5. The first-order valence-electron chi connectivity index (χ1n) is 17.0. The van der Waals surface area contributed by atoms with Crippen LogP contribution in [0.1, 0.15) is 58.2 Å². The number of carbonyl (C=O) groups is 5. The molecule has 3 fully saturated rings. The molecule has 1 aliphatic carbocycles. The summed E-state index contributed by atoms with van der Waals surface area (Å²) in [6.07, 6.45) is 0.920. The molecule has 0 bridgehead atoms. The highest BCUT2D eigenvalue weighted by atomic mass is 16.3. The first kappa shape index (κ1) is 34.2. The number of amides is 5. The Labute approximate surface area is 286 Å². The van der Waals surface area contributed by atoms with Crippen molar-refractivity contribution >= 4 is 40.4 Å². The molecule has 1 saturated carbocycles. The van der Waals surface area contributed by atoms with E-state index in [0.29, 0.717) is 0 Å². The third-order valence-electron chi connectivity index (χ3n) is 11.2. The van der Waals surface area contributed by atoms with Crippen molar-refractivity contribution in [1.29, 1.82) is 0 Å². The van der Waals surface area contributed by atoms with E-state index in [1.54, 1.807) is 13.1 Å². The summed E-state index contributed by atoms with van der Waals surface area (Å²) in [7, 11) is 0. The molecule has 2 saturated heterocycles. The van der Waals surface area contributed by atoms with E-state index in [-0.39, 0.29) is 55.1 Å². The Morgan fingerprint density at radius 2 is 1.55 bits per heavy atom. The lowest BCUT2D eigenvalue weighted by atomic mass is 10.0. The van der Waals surface area contributed by atoms with E-state index in [4.69, 9.17) is 0 Å². The molecule has 3 aliphatic rings. The van der Waals surface area contributed by atoms with Crippen molar-refractivity contribution in [3.8, 4) is 0 Å². The Kier molecular flexibility index (Phi) is 9.04. The van der Waals surface area contributed by atoms with Crippen LogP contribution in [0.25, 0.3) is 10.9 Å². The SMILES string of the molecule is C[C@@H]1NC(=O)[C@@H]2C[C@@H](O)CN2C(=O)[C@@H](Cc2c[nH]c3ccccc23)NC(=O)CN(C(=O)C2C(C)(C)C2(C)C)C[C@@H](c2ccccc2)NC1=O. The Hall–Kier alpha value is -4.71. The summed E-state index contributed by atoms with van der Waals surface area (Å²) in [4.78, 5) is 75.8. The molecule has 12 heteroatoms. The van der Waals surface area contributed by atoms with Crippen LogP contribution in [0.2, 0.25) is 0 Å². The number of hydrogen-bond donors (Lipinski definition) is 5. The second-order valence-electron chi connectivity index (χ2n) is 14.9. The van der Waals surface area contributed by atoms with Gasteiger partial charge in [-0.3, -0.25) is 24.0 Å². The van der Waals surface area contributed by atoms with Crippen LogP contribution in [0.15, 0.2) is 60.8 Å². The summed E-state index contributed by atoms with van der Waals surface area (Å²) < 4.78 is 0. The molecule has 0 spiro atoms. The van der Waals surface area contributed by atoms with Gasteiger partial charge in [-0.05, 0) is 34.9 Å². The first-order valence-corrected chi connectivity index (χ1v) is 17.0. The van der Waals surface area contributed by atoms with Crippen molar-refractivity contribution < 1.29 is 29.1 Å². The van der Waals surface area contributed by atoms with E-state index in [2.05, 4.69) is 20.9 Å². The van der Waals surface area contributed by atoms with Gasteiger partial charge in [-0.15, -0.1) is 0 Å². The minimum Gasteiger partial charge on any atom is -0.391 e. The lowest BCUT2D eigenvalue weighted by molar-refractivity contribution is -0.142. The quantitative estimate of drug-likeness (QED) is 0.285. The highest BCUT2D eigenvalue weighted by Gasteiger charge is 2.69. The normalized spacial score (nSPS) is 27.8. The second-order valence-corrected chi connectivity index (χ2v) is 14.9. The number of rotatable bonds is 4. The van der Waals surface area contributed by atoms with Crippen LogP contribution < -0.4 is 16.0 Å². The number of H-pyrrole nitrogens is 1. The molecular weight excluding hydrogens is 624 g/mol. The number of aromatic nitrogens is 1. The maximum atomic E-state index is 14.3. The van der Waals surface area contributed by atoms with Crippen molar-refractivity contribution in [3.63, 3.8) is 0 Å². The average Bonchev–Trinajstić information content (AvgIpc) is 3.44. The minimum absolute atomic E-state index is 0.00661. The van der Waals surface area contributed by atoms with Gasteiger partial charge in [-0.2, -0.15) is 0 Å². The molecule has 3 heterocycles. The molecule has 49 heavy (non-hydrogen) atoms. The van der Waals surface area contributed by atoms with E-state index in [1.807, 2.05) is 82.3 Å². The van der Waals surface area contributed by atoms with Crippen LogP contribution in [-0.4, -0.2) is 93.3 Å². The van der Waals surface area contributed by atoms with Gasteiger partial charge in [0.2, 0.25) is 29.5 Å². The minimum atomic E-state index is -1.11. The zero-order chi connectivity index (χ0) is 35.2. The van der Waals surface area contributed by atoms with Gasteiger partial charge >= 0.3 is 0 Å². The molecule has 1 aromatic heterocycles. The molecule has 12 nitrogen and oxygen atoms in total. The Balaban J connectivity index is 1.39. The molecule has 2 aliphatic heterocycles.